The molecule has 1 aromatic carbocycles. The van der Waals surface area contributed by atoms with Gasteiger partial charge < -0.3 is 14.8 Å². The van der Waals surface area contributed by atoms with Crippen LogP contribution >= 0.6 is 11.6 Å². The maximum atomic E-state index is 13.3. The number of anilines is 1. The SMILES string of the molecule is COc1ccc(NC(=O)C2(c3ccccc3Cl)CCOCC2)c(C)n1. The number of methoxy groups -OCH3 is 1. The van der Waals surface area contributed by atoms with Crippen molar-refractivity contribution >= 4 is 23.2 Å². The number of hydrogen-bond donors (Lipinski definition) is 1. The highest BCUT2D eigenvalue weighted by Gasteiger charge is 2.43. The minimum Gasteiger partial charge on any atom is -0.481 e. The Kier molecular flexibility index (Phi) is 5.25. The van der Waals surface area contributed by atoms with E-state index < -0.39 is 5.41 Å². The summed E-state index contributed by atoms with van der Waals surface area (Å²) in [4.78, 5) is 17.6. The summed E-state index contributed by atoms with van der Waals surface area (Å²) < 4.78 is 10.6. The summed E-state index contributed by atoms with van der Waals surface area (Å²) in [6.07, 6.45) is 1.18. The topological polar surface area (TPSA) is 60.5 Å². The van der Waals surface area contributed by atoms with E-state index in [1.807, 2.05) is 31.2 Å². The van der Waals surface area contributed by atoms with Crippen LogP contribution in [0.15, 0.2) is 36.4 Å². The number of benzene rings is 1. The van der Waals surface area contributed by atoms with Crippen LogP contribution in [0, 0.1) is 6.92 Å². The van der Waals surface area contributed by atoms with E-state index in [9.17, 15) is 4.79 Å². The van der Waals surface area contributed by atoms with Gasteiger partial charge >= 0.3 is 0 Å². The van der Waals surface area contributed by atoms with Gasteiger partial charge in [0, 0.05) is 24.3 Å². The Bertz CT molecular complexity index is 773. The number of hydrogen-bond acceptors (Lipinski definition) is 4. The van der Waals surface area contributed by atoms with Crippen molar-refractivity contribution in [2.75, 3.05) is 25.6 Å². The van der Waals surface area contributed by atoms with Crippen molar-refractivity contribution in [1.29, 1.82) is 0 Å². The first-order valence-electron chi connectivity index (χ1n) is 8.23. The molecule has 0 saturated carbocycles. The molecule has 2 heterocycles. The number of aryl methyl sites for hydroxylation is 1. The van der Waals surface area contributed by atoms with Gasteiger partial charge in [0.1, 0.15) is 0 Å². The molecule has 0 aliphatic carbocycles. The molecule has 1 fully saturated rings. The maximum absolute atomic E-state index is 13.3. The highest BCUT2D eigenvalue weighted by atomic mass is 35.5. The second kappa shape index (κ2) is 7.42. The van der Waals surface area contributed by atoms with Crippen LogP contribution in [0.2, 0.25) is 5.02 Å². The molecule has 5 nitrogen and oxygen atoms in total. The molecule has 25 heavy (non-hydrogen) atoms. The molecule has 0 radical (unpaired) electrons. The standard InChI is InChI=1S/C19H21ClN2O3/c1-13-16(7-8-17(21-13)24-2)22-18(23)19(9-11-25-12-10-19)14-5-3-4-6-15(14)20/h3-8H,9-12H2,1-2H3,(H,22,23). The average Bonchev–Trinajstić information content (AvgIpc) is 2.64. The summed E-state index contributed by atoms with van der Waals surface area (Å²) in [5.74, 6) is 0.432. The van der Waals surface area contributed by atoms with Gasteiger partial charge in [0.2, 0.25) is 11.8 Å². The summed E-state index contributed by atoms with van der Waals surface area (Å²) in [5.41, 5.74) is 1.51. The summed E-state index contributed by atoms with van der Waals surface area (Å²) >= 11 is 6.42. The van der Waals surface area contributed by atoms with E-state index >= 15 is 0 Å². The molecule has 6 heteroatoms. The number of pyridine rings is 1. The zero-order chi connectivity index (χ0) is 17.9. The number of ether oxygens (including phenoxy) is 2. The van der Waals surface area contributed by atoms with Crippen LogP contribution in [0.4, 0.5) is 5.69 Å². The quantitative estimate of drug-likeness (QED) is 0.902. The molecule has 1 saturated heterocycles. The predicted molar refractivity (Wildman–Crippen MR) is 97.3 cm³/mol. The Labute approximate surface area is 152 Å². The number of amides is 1. The first kappa shape index (κ1) is 17.7. The molecular formula is C19H21ClN2O3. The number of carbonyl (C=O) groups excluding carboxylic acids is 1. The molecule has 132 valence electrons. The van der Waals surface area contributed by atoms with Crippen LogP contribution in [-0.4, -0.2) is 31.2 Å². The number of carbonyl (C=O) groups is 1. The van der Waals surface area contributed by atoms with Crippen molar-refractivity contribution in [3.05, 3.63) is 52.7 Å². The van der Waals surface area contributed by atoms with Crippen molar-refractivity contribution in [2.24, 2.45) is 0 Å². The Morgan fingerprint density at radius 3 is 2.60 bits per heavy atom. The van der Waals surface area contributed by atoms with Crippen molar-refractivity contribution < 1.29 is 14.3 Å². The van der Waals surface area contributed by atoms with E-state index in [1.165, 1.54) is 0 Å². The molecule has 0 unspecified atom stereocenters. The highest BCUT2D eigenvalue weighted by Crippen LogP contribution is 2.39. The van der Waals surface area contributed by atoms with Gasteiger partial charge in [-0.3, -0.25) is 4.79 Å². The number of nitrogens with zero attached hydrogens (tertiary/aromatic N) is 1. The van der Waals surface area contributed by atoms with E-state index in [2.05, 4.69) is 10.3 Å². The molecule has 2 aromatic rings. The van der Waals surface area contributed by atoms with Crippen LogP contribution in [0.5, 0.6) is 5.88 Å². The second-order valence-electron chi connectivity index (χ2n) is 6.12. The summed E-state index contributed by atoms with van der Waals surface area (Å²) in [7, 11) is 1.56. The van der Waals surface area contributed by atoms with Crippen molar-refractivity contribution in [3.63, 3.8) is 0 Å². The minimum absolute atomic E-state index is 0.0843. The van der Waals surface area contributed by atoms with Gasteiger partial charge in [-0.2, -0.15) is 0 Å². The highest BCUT2D eigenvalue weighted by molar-refractivity contribution is 6.31. The van der Waals surface area contributed by atoms with E-state index in [1.54, 1.807) is 19.2 Å². The van der Waals surface area contributed by atoms with Crippen LogP contribution in [0.1, 0.15) is 24.1 Å². The van der Waals surface area contributed by atoms with Crippen LogP contribution in [0.3, 0.4) is 0 Å². The van der Waals surface area contributed by atoms with Crippen LogP contribution in [0.25, 0.3) is 0 Å². The molecular weight excluding hydrogens is 340 g/mol. The minimum atomic E-state index is -0.705. The summed E-state index contributed by atoms with van der Waals surface area (Å²) in [6, 6.07) is 11.1. The maximum Gasteiger partial charge on any atom is 0.235 e. The van der Waals surface area contributed by atoms with Crippen LogP contribution < -0.4 is 10.1 Å². The lowest BCUT2D eigenvalue weighted by molar-refractivity contribution is -0.125. The van der Waals surface area contributed by atoms with Crippen molar-refractivity contribution in [3.8, 4) is 5.88 Å². The molecule has 1 aliphatic rings. The van der Waals surface area contributed by atoms with Gasteiger partial charge in [-0.1, -0.05) is 29.8 Å². The first-order valence-corrected chi connectivity index (χ1v) is 8.60. The zero-order valence-electron chi connectivity index (χ0n) is 14.3. The number of nitrogens with one attached hydrogen (secondary N) is 1. The Morgan fingerprint density at radius 1 is 1.24 bits per heavy atom. The fourth-order valence-corrected chi connectivity index (χ4v) is 3.53. The van der Waals surface area contributed by atoms with Gasteiger partial charge in [0.05, 0.1) is 23.9 Å². The average molecular weight is 361 g/mol. The smallest absolute Gasteiger partial charge is 0.235 e. The fraction of sp³-hybridized carbons (Fsp3) is 0.368. The third-order valence-corrected chi connectivity index (χ3v) is 5.02. The Hall–Kier alpha value is -2.11. The Morgan fingerprint density at radius 2 is 1.96 bits per heavy atom. The molecule has 0 spiro atoms. The fourth-order valence-electron chi connectivity index (χ4n) is 3.21. The lowest BCUT2D eigenvalue weighted by Crippen LogP contribution is -2.45. The molecule has 1 amide bonds. The van der Waals surface area contributed by atoms with Gasteiger partial charge in [-0.25, -0.2) is 4.98 Å². The van der Waals surface area contributed by atoms with E-state index in [0.717, 1.165) is 5.56 Å². The van der Waals surface area contributed by atoms with E-state index in [0.29, 0.717) is 48.3 Å². The molecule has 0 atom stereocenters. The van der Waals surface area contributed by atoms with Crippen molar-refractivity contribution in [2.45, 2.75) is 25.2 Å². The van der Waals surface area contributed by atoms with Crippen molar-refractivity contribution in [1.82, 2.24) is 4.98 Å². The predicted octanol–water partition coefficient (Wildman–Crippen LogP) is 3.74. The second-order valence-corrected chi connectivity index (χ2v) is 6.52. The largest absolute Gasteiger partial charge is 0.481 e. The Balaban J connectivity index is 1.94. The van der Waals surface area contributed by atoms with Gasteiger partial charge in [-0.15, -0.1) is 0 Å². The van der Waals surface area contributed by atoms with Gasteiger partial charge in [-0.05, 0) is 37.5 Å². The van der Waals surface area contributed by atoms with E-state index in [4.69, 9.17) is 21.1 Å². The molecule has 1 aromatic heterocycles. The first-order chi connectivity index (χ1) is 12.1. The van der Waals surface area contributed by atoms with Gasteiger partial charge in [0.25, 0.3) is 0 Å². The number of halogens is 1. The molecule has 1 N–H and O–H groups in total. The monoisotopic (exact) mass is 360 g/mol. The molecule has 3 rings (SSSR count). The normalized spacial score (nSPS) is 16.3. The number of aromatic nitrogens is 1. The van der Waals surface area contributed by atoms with E-state index in [-0.39, 0.29) is 5.91 Å². The van der Waals surface area contributed by atoms with Gasteiger partial charge in [0.15, 0.2) is 0 Å². The lowest BCUT2D eigenvalue weighted by atomic mass is 9.73. The number of rotatable bonds is 4. The summed E-state index contributed by atoms with van der Waals surface area (Å²) in [6.45, 7) is 2.89. The van der Waals surface area contributed by atoms with Crippen LogP contribution in [-0.2, 0) is 14.9 Å². The lowest BCUT2D eigenvalue weighted by Gasteiger charge is -2.36. The summed E-state index contributed by atoms with van der Waals surface area (Å²) in [5, 5.41) is 3.63. The molecule has 1 aliphatic heterocycles. The third kappa shape index (κ3) is 3.48. The zero-order valence-corrected chi connectivity index (χ0v) is 15.1. The third-order valence-electron chi connectivity index (χ3n) is 4.69. The molecule has 0 bridgehead atoms.